The zero-order valence-electron chi connectivity index (χ0n) is 10.1. The minimum absolute atomic E-state index is 0.307. The number of rotatable bonds is 3. The van der Waals surface area contributed by atoms with Gasteiger partial charge in [0.1, 0.15) is 0 Å². The first-order valence-electron chi connectivity index (χ1n) is 5.58. The smallest absolute Gasteiger partial charge is 0.216 e. The zero-order valence-corrected chi connectivity index (χ0v) is 10.9. The predicted molar refractivity (Wildman–Crippen MR) is 62.3 cm³/mol. The van der Waals surface area contributed by atoms with Gasteiger partial charge in [0.2, 0.25) is 10.0 Å². The highest BCUT2D eigenvalue weighted by Crippen LogP contribution is 2.16. The molecule has 1 fully saturated rings. The van der Waals surface area contributed by atoms with Gasteiger partial charge in [-0.3, -0.25) is 0 Å². The van der Waals surface area contributed by atoms with Crippen LogP contribution in [0.2, 0.25) is 0 Å². The second kappa shape index (κ2) is 4.80. The molecule has 1 atom stereocenters. The molecule has 0 amide bonds. The largest absolute Gasteiger partial charge is 0.301 e. The predicted octanol–water partition coefficient (Wildman–Crippen LogP) is 0.751. The third-order valence-corrected chi connectivity index (χ3v) is 5.41. The molecule has 0 aromatic rings. The molecule has 4 nitrogen and oxygen atoms in total. The highest BCUT2D eigenvalue weighted by atomic mass is 32.2. The van der Waals surface area contributed by atoms with E-state index in [4.69, 9.17) is 0 Å². The summed E-state index contributed by atoms with van der Waals surface area (Å²) in [5.41, 5.74) is 0. The lowest BCUT2D eigenvalue weighted by molar-refractivity contribution is 0.143. The highest BCUT2D eigenvalue weighted by molar-refractivity contribution is 7.89. The third kappa shape index (κ3) is 2.71. The lowest BCUT2D eigenvalue weighted by Crippen LogP contribution is -2.54. The van der Waals surface area contributed by atoms with Crippen molar-refractivity contribution in [3.63, 3.8) is 0 Å². The van der Waals surface area contributed by atoms with E-state index in [0.29, 0.717) is 19.1 Å². The van der Waals surface area contributed by atoms with Gasteiger partial charge < -0.3 is 4.90 Å². The summed E-state index contributed by atoms with van der Waals surface area (Å²) in [5, 5.41) is -0.307. The van der Waals surface area contributed by atoms with Crippen molar-refractivity contribution in [2.45, 2.75) is 38.5 Å². The summed E-state index contributed by atoms with van der Waals surface area (Å²) in [6.45, 7) is 7.71. The fraction of sp³-hybridized carbons (Fsp3) is 1.00. The number of likely N-dealkylation sites (N-methyl/N-ethyl adjacent to an activating group) is 1. The van der Waals surface area contributed by atoms with Crippen LogP contribution in [0.5, 0.6) is 0 Å². The number of nitrogens with zero attached hydrogens (tertiary/aromatic N) is 2. The van der Waals surface area contributed by atoms with Crippen molar-refractivity contribution in [2.75, 3.05) is 26.7 Å². The van der Waals surface area contributed by atoms with Crippen molar-refractivity contribution < 1.29 is 8.42 Å². The minimum atomic E-state index is -3.06. The van der Waals surface area contributed by atoms with Crippen LogP contribution in [0.25, 0.3) is 0 Å². The molecule has 0 bridgehead atoms. The number of hydrogen-bond donors (Lipinski definition) is 0. The van der Waals surface area contributed by atoms with Gasteiger partial charge in [-0.1, -0.05) is 6.92 Å². The van der Waals surface area contributed by atoms with Crippen molar-refractivity contribution in [2.24, 2.45) is 0 Å². The summed E-state index contributed by atoms with van der Waals surface area (Å²) >= 11 is 0. The Balaban J connectivity index is 2.75. The van der Waals surface area contributed by atoms with Crippen molar-refractivity contribution in [3.8, 4) is 0 Å². The van der Waals surface area contributed by atoms with Gasteiger partial charge in [0, 0.05) is 25.7 Å². The highest BCUT2D eigenvalue weighted by Gasteiger charge is 2.32. The Kier molecular flexibility index (Phi) is 4.14. The van der Waals surface area contributed by atoms with Crippen LogP contribution in [0, 0.1) is 0 Å². The van der Waals surface area contributed by atoms with Crippen LogP contribution in [0.3, 0.4) is 0 Å². The van der Waals surface area contributed by atoms with Crippen LogP contribution in [0.1, 0.15) is 27.2 Å². The summed E-state index contributed by atoms with van der Waals surface area (Å²) in [6, 6.07) is 0.368. The van der Waals surface area contributed by atoms with Crippen LogP contribution in [0.15, 0.2) is 0 Å². The molecule has 1 rings (SSSR count). The summed E-state index contributed by atoms with van der Waals surface area (Å²) in [7, 11) is -0.997. The Morgan fingerprint density at radius 3 is 2.40 bits per heavy atom. The molecule has 5 heteroatoms. The average Bonchev–Trinajstić information content (AvgIpc) is 2.18. The maximum atomic E-state index is 12.0. The third-order valence-electron chi connectivity index (χ3n) is 3.17. The Labute approximate surface area is 93.3 Å². The van der Waals surface area contributed by atoms with Crippen LogP contribution in [0.4, 0.5) is 0 Å². The molecule has 1 saturated heterocycles. The Bertz CT molecular complexity index is 301. The van der Waals surface area contributed by atoms with Crippen LogP contribution >= 0.6 is 0 Å². The van der Waals surface area contributed by atoms with Gasteiger partial charge in [-0.15, -0.1) is 0 Å². The second-order valence-corrected chi connectivity index (χ2v) is 6.98. The fourth-order valence-electron chi connectivity index (χ4n) is 1.89. The Hall–Kier alpha value is -0.130. The molecule has 0 N–H and O–H groups in total. The van der Waals surface area contributed by atoms with Gasteiger partial charge in [-0.25, -0.2) is 8.42 Å². The molecule has 1 unspecified atom stereocenters. The lowest BCUT2D eigenvalue weighted by atomic mass is 10.1. The first-order chi connectivity index (χ1) is 6.89. The molecule has 90 valence electrons. The topological polar surface area (TPSA) is 40.6 Å². The molecular formula is C10H22N2O2S. The number of hydrogen-bond acceptors (Lipinski definition) is 3. The SMILES string of the molecule is CCC1CN(S(=O)(=O)C(C)C)CCN1C. The van der Waals surface area contributed by atoms with E-state index in [1.165, 1.54) is 0 Å². The van der Waals surface area contributed by atoms with E-state index < -0.39 is 10.0 Å². The molecule has 15 heavy (non-hydrogen) atoms. The van der Waals surface area contributed by atoms with Crippen LogP contribution in [-0.2, 0) is 10.0 Å². The van der Waals surface area contributed by atoms with E-state index >= 15 is 0 Å². The quantitative estimate of drug-likeness (QED) is 0.723. The first kappa shape index (κ1) is 12.9. The standard InChI is InChI=1S/C10H22N2O2S/c1-5-10-8-12(7-6-11(10)4)15(13,14)9(2)3/h9-10H,5-8H2,1-4H3. The van der Waals surface area contributed by atoms with Gasteiger partial charge in [0.25, 0.3) is 0 Å². The molecular weight excluding hydrogens is 212 g/mol. The zero-order chi connectivity index (χ0) is 11.6. The second-order valence-electron chi connectivity index (χ2n) is 4.49. The van der Waals surface area contributed by atoms with Gasteiger partial charge in [-0.2, -0.15) is 4.31 Å². The molecule has 1 aliphatic rings. The van der Waals surface area contributed by atoms with E-state index in [0.717, 1.165) is 13.0 Å². The van der Waals surface area contributed by atoms with E-state index in [9.17, 15) is 8.42 Å². The molecule has 0 aliphatic carbocycles. The molecule has 0 aromatic carbocycles. The van der Waals surface area contributed by atoms with Crippen molar-refractivity contribution >= 4 is 10.0 Å². The minimum Gasteiger partial charge on any atom is -0.301 e. The van der Waals surface area contributed by atoms with Crippen LogP contribution in [-0.4, -0.2) is 55.6 Å². The normalized spacial score (nSPS) is 26.1. The summed E-state index contributed by atoms with van der Waals surface area (Å²) in [6.07, 6.45) is 1.00. The van der Waals surface area contributed by atoms with Gasteiger partial charge in [-0.05, 0) is 27.3 Å². The van der Waals surface area contributed by atoms with Crippen LogP contribution < -0.4 is 0 Å². The van der Waals surface area contributed by atoms with Gasteiger partial charge in [0.05, 0.1) is 5.25 Å². The molecule has 0 saturated carbocycles. The van der Waals surface area contributed by atoms with E-state index in [1.54, 1.807) is 18.2 Å². The van der Waals surface area contributed by atoms with Crippen molar-refractivity contribution in [3.05, 3.63) is 0 Å². The first-order valence-corrected chi connectivity index (χ1v) is 7.09. The molecule has 1 heterocycles. The lowest BCUT2D eigenvalue weighted by Gasteiger charge is -2.39. The summed E-state index contributed by atoms with van der Waals surface area (Å²) in [5.74, 6) is 0. The fourth-order valence-corrected chi connectivity index (χ4v) is 3.20. The average molecular weight is 234 g/mol. The maximum absolute atomic E-state index is 12.0. The summed E-state index contributed by atoms with van der Waals surface area (Å²) < 4.78 is 25.6. The monoisotopic (exact) mass is 234 g/mol. The van der Waals surface area contributed by atoms with E-state index in [2.05, 4.69) is 18.9 Å². The van der Waals surface area contributed by atoms with Gasteiger partial charge >= 0.3 is 0 Å². The molecule has 0 aromatic heterocycles. The van der Waals surface area contributed by atoms with Crippen molar-refractivity contribution in [1.82, 2.24) is 9.21 Å². The summed E-state index contributed by atoms with van der Waals surface area (Å²) in [4.78, 5) is 2.24. The maximum Gasteiger partial charge on any atom is 0.216 e. The number of sulfonamides is 1. The van der Waals surface area contributed by atoms with E-state index in [1.807, 2.05) is 0 Å². The number of piperazine rings is 1. The Morgan fingerprint density at radius 2 is 1.93 bits per heavy atom. The van der Waals surface area contributed by atoms with Gasteiger partial charge in [0.15, 0.2) is 0 Å². The Morgan fingerprint density at radius 1 is 1.33 bits per heavy atom. The molecule has 0 spiro atoms. The molecule has 1 aliphatic heterocycles. The molecule has 0 radical (unpaired) electrons. The van der Waals surface area contributed by atoms with E-state index in [-0.39, 0.29) is 5.25 Å². The van der Waals surface area contributed by atoms with Crippen molar-refractivity contribution in [1.29, 1.82) is 0 Å².